The SMILES string of the molecule is O=C(OCC(=O)N1c2ccccc2CCc2ccccc21)[C@@H]1CCCN1C(=O)c1ccco1. The first-order valence-electron chi connectivity index (χ1n) is 11.1. The van der Waals surface area contributed by atoms with Gasteiger partial charge in [-0.2, -0.15) is 0 Å². The summed E-state index contributed by atoms with van der Waals surface area (Å²) in [6.45, 7) is 0.0426. The number of carbonyl (C=O) groups excluding carboxylic acids is 3. The highest BCUT2D eigenvalue weighted by Crippen LogP contribution is 2.36. The maximum atomic E-state index is 13.4. The van der Waals surface area contributed by atoms with Crippen LogP contribution in [0.1, 0.15) is 34.5 Å². The highest BCUT2D eigenvalue weighted by Gasteiger charge is 2.37. The van der Waals surface area contributed by atoms with Gasteiger partial charge in [-0.15, -0.1) is 0 Å². The molecule has 1 atom stereocenters. The van der Waals surface area contributed by atoms with Crippen LogP contribution in [0.2, 0.25) is 0 Å². The molecule has 0 aliphatic carbocycles. The van der Waals surface area contributed by atoms with Crippen LogP contribution >= 0.6 is 0 Å². The Labute approximate surface area is 191 Å². The number of aryl methyl sites for hydroxylation is 2. The highest BCUT2D eigenvalue weighted by molar-refractivity contribution is 6.04. The van der Waals surface area contributed by atoms with E-state index in [-0.39, 0.29) is 17.6 Å². The average molecular weight is 444 g/mol. The van der Waals surface area contributed by atoms with Gasteiger partial charge >= 0.3 is 5.97 Å². The van der Waals surface area contributed by atoms with E-state index in [1.807, 2.05) is 48.5 Å². The number of hydrogen-bond acceptors (Lipinski definition) is 5. The third-order valence-corrected chi connectivity index (χ3v) is 6.23. The monoisotopic (exact) mass is 444 g/mol. The molecule has 0 bridgehead atoms. The summed E-state index contributed by atoms with van der Waals surface area (Å²) in [6, 6.07) is 18.1. The maximum absolute atomic E-state index is 13.4. The Hall–Kier alpha value is -3.87. The van der Waals surface area contributed by atoms with Gasteiger partial charge in [-0.3, -0.25) is 14.5 Å². The van der Waals surface area contributed by atoms with Crippen LogP contribution in [0.25, 0.3) is 0 Å². The van der Waals surface area contributed by atoms with Gasteiger partial charge in [0.25, 0.3) is 11.8 Å². The van der Waals surface area contributed by atoms with Gasteiger partial charge in [-0.05, 0) is 61.1 Å². The number of amides is 2. The number of ether oxygens (including phenoxy) is 1. The molecule has 5 rings (SSSR count). The van der Waals surface area contributed by atoms with Gasteiger partial charge in [-0.25, -0.2) is 4.79 Å². The fraction of sp³-hybridized carbons (Fsp3) is 0.269. The quantitative estimate of drug-likeness (QED) is 0.571. The zero-order valence-corrected chi connectivity index (χ0v) is 18.1. The Morgan fingerprint density at radius 2 is 1.58 bits per heavy atom. The summed E-state index contributed by atoms with van der Waals surface area (Å²) in [5, 5.41) is 0. The van der Waals surface area contributed by atoms with E-state index in [1.54, 1.807) is 17.0 Å². The van der Waals surface area contributed by atoms with E-state index in [9.17, 15) is 14.4 Å². The smallest absolute Gasteiger partial charge is 0.329 e. The molecule has 0 unspecified atom stereocenters. The van der Waals surface area contributed by atoms with Gasteiger partial charge in [0, 0.05) is 6.54 Å². The molecule has 0 radical (unpaired) electrons. The molecule has 168 valence electrons. The topological polar surface area (TPSA) is 80.1 Å². The summed E-state index contributed by atoms with van der Waals surface area (Å²) in [4.78, 5) is 42.0. The maximum Gasteiger partial charge on any atom is 0.329 e. The summed E-state index contributed by atoms with van der Waals surface area (Å²) in [6.07, 6.45) is 4.25. The largest absolute Gasteiger partial charge is 0.459 e. The van der Waals surface area contributed by atoms with Gasteiger partial charge < -0.3 is 14.1 Å². The van der Waals surface area contributed by atoms with E-state index in [0.29, 0.717) is 19.4 Å². The number of esters is 1. The summed E-state index contributed by atoms with van der Waals surface area (Å²) in [7, 11) is 0. The minimum absolute atomic E-state index is 0.184. The minimum atomic E-state index is -0.723. The molecule has 1 saturated heterocycles. The first kappa shape index (κ1) is 21.0. The van der Waals surface area contributed by atoms with Crippen molar-refractivity contribution in [1.29, 1.82) is 0 Å². The lowest BCUT2D eigenvalue weighted by molar-refractivity contribution is -0.151. The zero-order valence-electron chi connectivity index (χ0n) is 18.1. The van der Waals surface area contributed by atoms with E-state index in [0.717, 1.165) is 35.3 Å². The van der Waals surface area contributed by atoms with Gasteiger partial charge in [0.15, 0.2) is 12.4 Å². The Balaban J connectivity index is 1.33. The number of carbonyl (C=O) groups is 3. The van der Waals surface area contributed by atoms with Crippen molar-refractivity contribution < 1.29 is 23.5 Å². The zero-order chi connectivity index (χ0) is 22.8. The lowest BCUT2D eigenvalue weighted by Crippen LogP contribution is -2.42. The molecule has 7 heteroatoms. The van der Waals surface area contributed by atoms with Crippen molar-refractivity contribution in [3.05, 3.63) is 83.8 Å². The number of benzene rings is 2. The summed E-state index contributed by atoms with van der Waals surface area (Å²) in [5.74, 6) is -1.06. The van der Waals surface area contributed by atoms with E-state index in [2.05, 4.69) is 0 Å². The van der Waals surface area contributed by atoms with Gasteiger partial charge in [0.2, 0.25) is 0 Å². The van der Waals surface area contributed by atoms with Crippen molar-refractivity contribution in [2.45, 2.75) is 31.7 Å². The lowest BCUT2D eigenvalue weighted by Gasteiger charge is -2.26. The van der Waals surface area contributed by atoms with Crippen LogP contribution in [0.4, 0.5) is 11.4 Å². The number of nitrogens with zero attached hydrogens (tertiary/aromatic N) is 2. The van der Waals surface area contributed by atoms with Crippen LogP contribution in [0.3, 0.4) is 0 Å². The molecule has 7 nitrogen and oxygen atoms in total. The molecule has 0 spiro atoms. The molecule has 1 fully saturated rings. The van der Waals surface area contributed by atoms with E-state index in [4.69, 9.17) is 9.15 Å². The number of rotatable bonds is 4. The number of para-hydroxylation sites is 2. The minimum Gasteiger partial charge on any atom is -0.459 e. The van der Waals surface area contributed by atoms with Crippen LogP contribution in [0.5, 0.6) is 0 Å². The van der Waals surface area contributed by atoms with Crippen LogP contribution in [0, 0.1) is 0 Å². The molecule has 2 aliphatic rings. The second kappa shape index (κ2) is 8.94. The molecule has 0 N–H and O–H groups in total. The fourth-order valence-electron chi connectivity index (χ4n) is 4.64. The van der Waals surface area contributed by atoms with Crippen LogP contribution in [-0.4, -0.2) is 41.9 Å². The van der Waals surface area contributed by atoms with Gasteiger partial charge in [-0.1, -0.05) is 36.4 Å². The lowest BCUT2D eigenvalue weighted by atomic mass is 10.0. The van der Waals surface area contributed by atoms with E-state index >= 15 is 0 Å². The van der Waals surface area contributed by atoms with Crippen molar-refractivity contribution >= 4 is 29.2 Å². The second-order valence-corrected chi connectivity index (χ2v) is 8.23. The highest BCUT2D eigenvalue weighted by atomic mass is 16.5. The standard InChI is InChI=1S/C26H24N2O5/c29-24(17-33-26(31)22-11-5-15-27(22)25(30)23-12-6-16-32-23)28-20-9-3-1-7-18(20)13-14-19-8-2-4-10-21(19)28/h1-4,6-10,12,16,22H,5,11,13-15,17H2/t22-/m0/s1. The van der Waals surface area contributed by atoms with Crippen LogP contribution < -0.4 is 4.90 Å². The summed E-state index contributed by atoms with van der Waals surface area (Å²) in [5.41, 5.74) is 3.75. The van der Waals surface area contributed by atoms with Crippen molar-refractivity contribution in [3.63, 3.8) is 0 Å². The molecule has 2 amide bonds. The van der Waals surface area contributed by atoms with E-state index < -0.39 is 18.6 Å². The predicted octanol–water partition coefficient (Wildman–Crippen LogP) is 3.89. The Kier molecular flexibility index (Phi) is 5.69. The van der Waals surface area contributed by atoms with Crippen molar-refractivity contribution in [2.75, 3.05) is 18.1 Å². The first-order chi connectivity index (χ1) is 16.1. The van der Waals surface area contributed by atoms with Gasteiger partial charge in [0.05, 0.1) is 17.6 Å². The van der Waals surface area contributed by atoms with Crippen molar-refractivity contribution in [2.24, 2.45) is 0 Å². The third kappa shape index (κ3) is 4.02. The number of furan rings is 1. The summed E-state index contributed by atoms with van der Waals surface area (Å²) < 4.78 is 10.6. The Bertz CT molecular complexity index is 1140. The fourth-order valence-corrected chi connectivity index (χ4v) is 4.64. The Morgan fingerprint density at radius 3 is 2.21 bits per heavy atom. The molecule has 3 aromatic rings. The van der Waals surface area contributed by atoms with Crippen LogP contribution in [0.15, 0.2) is 71.3 Å². The second-order valence-electron chi connectivity index (χ2n) is 8.23. The normalized spacial score (nSPS) is 17.2. The first-order valence-corrected chi connectivity index (χ1v) is 11.1. The van der Waals surface area contributed by atoms with Crippen molar-refractivity contribution in [1.82, 2.24) is 4.90 Å². The third-order valence-electron chi connectivity index (χ3n) is 6.23. The van der Waals surface area contributed by atoms with Crippen LogP contribution in [-0.2, 0) is 27.2 Å². The predicted molar refractivity (Wildman–Crippen MR) is 121 cm³/mol. The van der Waals surface area contributed by atoms with Crippen molar-refractivity contribution in [3.8, 4) is 0 Å². The summed E-state index contributed by atoms with van der Waals surface area (Å²) >= 11 is 0. The number of anilines is 2. The molecule has 1 aromatic heterocycles. The molecule has 0 saturated carbocycles. The van der Waals surface area contributed by atoms with E-state index in [1.165, 1.54) is 11.2 Å². The molecule has 2 aromatic carbocycles. The number of likely N-dealkylation sites (tertiary alicyclic amines) is 1. The molecule has 2 aliphatic heterocycles. The molecular formula is C26H24N2O5. The molecule has 3 heterocycles. The average Bonchev–Trinajstić information content (AvgIpc) is 3.52. The molecule has 33 heavy (non-hydrogen) atoms. The molecular weight excluding hydrogens is 420 g/mol. The Morgan fingerprint density at radius 1 is 0.909 bits per heavy atom. The van der Waals surface area contributed by atoms with Gasteiger partial charge in [0.1, 0.15) is 6.04 Å². The number of hydrogen-bond donors (Lipinski definition) is 0. The number of fused-ring (bicyclic) bond motifs is 2.